The minimum Gasteiger partial charge on any atom is -0.366 e. The number of sulfonamides is 1. The molecule has 7 heteroatoms. The average molecular weight is 366 g/mol. The maximum Gasteiger partial charge on any atom is 0.244 e. The van der Waals surface area contributed by atoms with Crippen LogP contribution in [0.15, 0.2) is 47.5 Å². The third kappa shape index (κ3) is 3.88. The van der Waals surface area contributed by atoms with Gasteiger partial charge in [0, 0.05) is 30.9 Å². The number of pyridine rings is 1. The van der Waals surface area contributed by atoms with Crippen molar-refractivity contribution in [2.24, 2.45) is 0 Å². The van der Waals surface area contributed by atoms with Crippen LogP contribution >= 0.6 is 11.6 Å². The Morgan fingerprint density at radius 1 is 1.08 bits per heavy atom. The second-order valence-electron chi connectivity index (χ2n) is 5.79. The summed E-state index contributed by atoms with van der Waals surface area (Å²) in [5.41, 5.74) is 0.964. The molecule has 1 saturated heterocycles. The Morgan fingerprint density at radius 2 is 1.83 bits per heavy atom. The summed E-state index contributed by atoms with van der Waals surface area (Å²) >= 11 is 6.12. The van der Waals surface area contributed by atoms with Gasteiger partial charge in [-0.3, -0.25) is 0 Å². The monoisotopic (exact) mass is 365 g/mol. The molecule has 0 unspecified atom stereocenters. The highest BCUT2D eigenvalue weighted by Crippen LogP contribution is 2.21. The summed E-state index contributed by atoms with van der Waals surface area (Å²) in [5.74, 6) is 0.618. The maximum atomic E-state index is 12.6. The Kier molecular flexibility index (Phi) is 5.38. The molecule has 5 nitrogen and oxygen atoms in total. The number of hydrogen-bond acceptors (Lipinski definition) is 4. The lowest BCUT2D eigenvalue weighted by atomic mass is 10.2. The van der Waals surface area contributed by atoms with E-state index in [1.807, 2.05) is 24.3 Å². The van der Waals surface area contributed by atoms with E-state index < -0.39 is 10.0 Å². The van der Waals surface area contributed by atoms with Gasteiger partial charge in [0.25, 0.3) is 0 Å². The van der Waals surface area contributed by atoms with Crippen molar-refractivity contribution in [3.63, 3.8) is 0 Å². The van der Waals surface area contributed by atoms with Crippen LogP contribution < -0.4 is 5.32 Å². The summed E-state index contributed by atoms with van der Waals surface area (Å²) in [6.45, 7) is 1.72. The van der Waals surface area contributed by atoms with Gasteiger partial charge in [0.2, 0.25) is 10.0 Å². The minimum atomic E-state index is -3.43. The fourth-order valence-electron chi connectivity index (χ4n) is 2.72. The predicted octanol–water partition coefficient (Wildman–Crippen LogP) is 3.52. The zero-order chi connectivity index (χ0) is 17.0. The molecule has 0 saturated carbocycles. The Labute approximate surface area is 147 Å². The quantitative estimate of drug-likeness (QED) is 0.880. The summed E-state index contributed by atoms with van der Waals surface area (Å²) in [6, 6.07) is 10.9. The topological polar surface area (TPSA) is 62.3 Å². The first-order valence-electron chi connectivity index (χ1n) is 8.01. The zero-order valence-corrected chi connectivity index (χ0v) is 14.9. The Hall–Kier alpha value is -1.63. The fourth-order valence-corrected chi connectivity index (χ4v) is 4.38. The fraction of sp³-hybridized carbons (Fsp3) is 0.353. The summed E-state index contributed by atoms with van der Waals surface area (Å²) in [7, 11) is -3.43. The van der Waals surface area contributed by atoms with Crippen molar-refractivity contribution < 1.29 is 8.42 Å². The van der Waals surface area contributed by atoms with E-state index in [2.05, 4.69) is 10.3 Å². The predicted molar refractivity (Wildman–Crippen MR) is 95.6 cm³/mol. The van der Waals surface area contributed by atoms with E-state index in [-0.39, 0.29) is 4.90 Å². The molecule has 0 bridgehead atoms. The summed E-state index contributed by atoms with van der Waals surface area (Å²) in [5, 5.41) is 3.85. The van der Waals surface area contributed by atoms with E-state index in [4.69, 9.17) is 11.6 Å². The van der Waals surface area contributed by atoms with Crippen molar-refractivity contribution in [2.45, 2.75) is 30.7 Å². The second kappa shape index (κ2) is 7.51. The Balaban J connectivity index is 1.68. The van der Waals surface area contributed by atoms with Crippen molar-refractivity contribution in [3.8, 4) is 0 Å². The SMILES string of the molecule is O=S(=O)(c1ccc(NCc2ccccc2Cl)nc1)N1CCCCC1. The number of piperidine rings is 1. The van der Waals surface area contributed by atoms with Crippen molar-refractivity contribution in [2.75, 3.05) is 18.4 Å². The molecule has 1 N–H and O–H groups in total. The van der Waals surface area contributed by atoms with Gasteiger partial charge in [-0.2, -0.15) is 4.31 Å². The molecular formula is C17H20ClN3O2S. The Morgan fingerprint density at radius 3 is 2.50 bits per heavy atom. The van der Waals surface area contributed by atoms with Crippen molar-refractivity contribution in [1.82, 2.24) is 9.29 Å². The third-order valence-corrected chi connectivity index (χ3v) is 6.36. The molecule has 0 atom stereocenters. The van der Waals surface area contributed by atoms with Crippen molar-refractivity contribution in [1.29, 1.82) is 0 Å². The zero-order valence-electron chi connectivity index (χ0n) is 13.3. The van der Waals surface area contributed by atoms with Gasteiger partial charge < -0.3 is 5.32 Å². The number of rotatable bonds is 5. The lowest BCUT2D eigenvalue weighted by molar-refractivity contribution is 0.346. The van der Waals surface area contributed by atoms with Gasteiger partial charge >= 0.3 is 0 Å². The van der Waals surface area contributed by atoms with Gasteiger partial charge in [-0.25, -0.2) is 13.4 Å². The van der Waals surface area contributed by atoms with Gasteiger partial charge in [0.05, 0.1) is 0 Å². The minimum absolute atomic E-state index is 0.243. The molecule has 0 aliphatic carbocycles. The van der Waals surface area contributed by atoms with Crippen LogP contribution in [0.3, 0.4) is 0 Å². The van der Waals surface area contributed by atoms with Gasteiger partial charge in [0.1, 0.15) is 10.7 Å². The molecule has 1 fully saturated rings. The largest absolute Gasteiger partial charge is 0.366 e. The van der Waals surface area contributed by atoms with E-state index in [9.17, 15) is 8.42 Å². The van der Waals surface area contributed by atoms with E-state index in [1.54, 1.807) is 16.4 Å². The second-order valence-corrected chi connectivity index (χ2v) is 8.13. The van der Waals surface area contributed by atoms with Crippen molar-refractivity contribution in [3.05, 3.63) is 53.2 Å². The highest BCUT2D eigenvalue weighted by Gasteiger charge is 2.26. The molecule has 3 rings (SSSR count). The molecule has 0 radical (unpaired) electrons. The van der Waals surface area contributed by atoms with Crippen LogP contribution in [0.2, 0.25) is 5.02 Å². The third-order valence-electron chi connectivity index (χ3n) is 4.11. The normalized spacial score (nSPS) is 16.0. The first-order chi connectivity index (χ1) is 11.6. The van der Waals surface area contributed by atoms with Crippen LogP contribution in [-0.4, -0.2) is 30.8 Å². The standard InChI is InChI=1S/C17H20ClN3O2S/c18-16-7-3-2-6-14(16)12-19-17-9-8-15(13-20-17)24(22,23)21-10-4-1-5-11-21/h2-3,6-9,13H,1,4-5,10-12H2,(H,19,20). The Bertz CT molecular complexity index is 788. The maximum absolute atomic E-state index is 12.6. The number of nitrogens with zero attached hydrogens (tertiary/aromatic N) is 2. The van der Waals surface area contributed by atoms with Crippen LogP contribution in [0.25, 0.3) is 0 Å². The van der Waals surface area contributed by atoms with Crippen LogP contribution in [-0.2, 0) is 16.6 Å². The first-order valence-corrected chi connectivity index (χ1v) is 9.83. The van der Waals surface area contributed by atoms with Crippen LogP contribution in [0.5, 0.6) is 0 Å². The lowest BCUT2D eigenvalue weighted by Gasteiger charge is -2.25. The van der Waals surface area contributed by atoms with E-state index in [0.29, 0.717) is 30.5 Å². The van der Waals surface area contributed by atoms with Gasteiger partial charge in [-0.05, 0) is 36.6 Å². The summed E-state index contributed by atoms with van der Waals surface area (Å²) < 4.78 is 26.7. The molecule has 0 amide bonds. The van der Waals surface area contributed by atoms with Crippen LogP contribution in [0.1, 0.15) is 24.8 Å². The number of halogens is 1. The molecule has 0 spiro atoms. The van der Waals surface area contributed by atoms with E-state index in [1.165, 1.54) is 6.20 Å². The van der Waals surface area contributed by atoms with Crippen LogP contribution in [0, 0.1) is 0 Å². The van der Waals surface area contributed by atoms with Gasteiger partial charge in [0.15, 0.2) is 0 Å². The smallest absolute Gasteiger partial charge is 0.244 e. The molecule has 1 aliphatic heterocycles. The summed E-state index contributed by atoms with van der Waals surface area (Å²) in [4.78, 5) is 4.47. The molecule has 128 valence electrons. The molecule has 24 heavy (non-hydrogen) atoms. The van der Waals surface area contributed by atoms with E-state index in [0.717, 1.165) is 24.8 Å². The summed E-state index contributed by atoms with van der Waals surface area (Å²) in [6.07, 6.45) is 4.35. The molecule has 1 aromatic carbocycles. The number of nitrogens with one attached hydrogen (secondary N) is 1. The number of anilines is 1. The molecule has 2 heterocycles. The number of aromatic nitrogens is 1. The number of benzene rings is 1. The van der Waals surface area contributed by atoms with Crippen molar-refractivity contribution >= 4 is 27.4 Å². The van der Waals surface area contributed by atoms with Gasteiger partial charge in [-0.1, -0.05) is 36.2 Å². The number of hydrogen-bond donors (Lipinski definition) is 1. The lowest BCUT2D eigenvalue weighted by Crippen LogP contribution is -2.35. The first kappa shape index (κ1) is 17.2. The van der Waals surface area contributed by atoms with Gasteiger partial charge in [-0.15, -0.1) is 0 Å². The average Bonchev–Trinajstić information content (AvgIpc) is 2.62. The molecule has 2 aromatic rings. The van der Waals surface area contributed by atoms with E-state index >= 15 is 0 Å². The highest BCUT2D eigenvalue weighted by atomic mass is 35.5. The molecular weight excluding hydrogens is 346 g/mol. The highest BCUT2D eigenvalue weighted by molar-refractivity contribution is 7.89. The molecule has 1 aliphatic rings. The van der Waals surface area contributed by atoms with Crippen LogP contribution in [0.4, 0.5) is 5.82 Å². The molecule has 1 aromatic heterocycles.